The first-order valence-electron chi connectivity index (χ1n) is 17.7. The summed E-state index contributed by atoms with van der Waals surface area (Å²) >= 11 is 0. The van der Waals surface area contributed by atoms with Crippen LogP contribution < -0.4 is 10.4 Å². The molecule has 3 atom stereocenters. The lowest BCUT2D eigenvalue weighted by Gasteiger charge is -2.46. The van der Waals surface area contributed by atoms with E-state index in [-0.39, 0.29) is 60.0 Å². The van der Waals surface area contributed by atoms with Gasteiger partial charge in [0.25, 0.3) is 8.32 Å². The Bertz CT molecular complexity index is 1770. The summed E-state index contributed by atoms with van der Waals surface area (Å²) in [4.78, 5) is 40.3. The maximum absolute atomic E-state index is 14.4. The van der Waals surface area contributed by atoms with Crippen molar-refractivity contribution in [1.29, 1.82) is 0 Å². The van der Waals surface area contributed by atoms with Gasteiger partial charge in [-0.2, -0.15) is 0 Å². The van der Waals surface area contributed by atoms with Gasteiger partial charge in [-0.1, -0.05) is 107 Å². The molecule has 1 unspecified atom stereocenters. The van der Waals surface area contributed by atoms with Crippen LogP contribution in [0.3, 0.4) is 0 Å². The number of hydrogen-bond acceptors (Lipinski definition) is 5. The average Bonchev–Trinajstić information content (AvgIpc) is 3.41. The number of allylic oxidation sites excluding steroid dienone is 2. The van der Waals surface area contributed by atoms with Gasteiger partial charge in [0.15, 0.2) is 0 Å². The van der Waals surface area contributed by atoms with Crippen LogP contribution >= 0.6 is 0 Å². The van der Waals surface area contributed by atoms with Crippen LogP contribution in [0.15, 0.2) is 96.6 Å². The monoisotopic (exact) mass is 693 g/mol. The number of likely N-dealkylation sites (tertiary alicyclic amines) is 1. The summed E-state index contributed by atoms with van der Waals surface area (Å²) in [6, 6.07) is 25.6. The third kappa shape index (κ3) is 6.92. The molecule has 2 amide bonds. The van der Waals surface area contributed by atoms with Gasteiger partial charge in [-0.15, -0.1) is 0 Å². The number of ether oxygens (including phenoxy) is 1. The molecular weight excluding hydrogens is 646 g/mol. The minimum atomic E-state index is -2.90. The number of halogens is 1. The Morgan fingerprint density at radius 3 is 2.06 bits per heavy atom. The topological polar surface area (TPSA) is 72.9 Å². The van der Waals surface area contributed by atoms with E-state index in [0.29, 0.717) is 24.8 Å². The molecule has 3 aliphatic rings. The summed E-state index contributed by atoms with van der Waals surface area (Å²) in [5.41, 5.74) is 2.92. The zero-order valence-corrected chi connectivity index (χ0v) is 31.0. The van der Waals surface area contributed by atoms with Gasteiger partial charge in [-0.25, -0.2) is 4.39 Å². The van der Waals surface area contributed by atoms with Crippen molar-refractivity contribution in [3.05, 3.63) is 114 Å². The summed E-state index contributed by atoms with van der Waals surface area (Å²) in [5, 5.41) is 2.07. The number of carbonyl (C=O) groups excluding carboxylic acids is 3. The van der Waals surface area contributed by atoms with Gasteiger partial charge >= 0.3 is 5.97 Å². The summed E-state index contributed by atoms with van der Waals surface area (Å²) in [7, 11) is -2.90. The molecule has 1 aliphatic carbocycles. The van der Waals surface area contributed by atoms with Gasteiger partial charge < -0.3 is 9.16 Å². The van der Waals surface area contributed by atoms with Gasteiger partial charge in [0.2, 0.25) is 11.8 Å². The average molecular weight is 694 g/mol. The maximum atomic E-state index is 14.4. The number of imide groups is 1. The largest absolute Gasteiger partial charge is 0.458 e. The van der Waals surface area contributed by atoms with Gasteiger partial charge in [0, 0.05) is 25.3 Å². The SMILES string of the molecule is Cc1cc(C2=C(/C=C/[C@H]3C[C@H](O[Si](c4ccccc4)(c4ccccc4)C(C)(C)C)CC(=O)O3)C(C)(C)CC(N3C(=O)CCC3=O)C2)ccc1F. The molecule has 8 heteroatoms. The molecule has 3 aromatic carbocycles. The first-order chi connectivity index (χ1) is 23.7. The molecule has 2 fully saturated rings. The minimum absolute atomic E-state index is 0.134. The van der Waals surface area contributed by atoms with Crippen LogP contribution in [-0.4, -0.2) is 49.3 Å². The minimum Gasteiger partial charge on any atom is -0.458 e. The van der Waals surface area contributed by atoms with E-state index in [0.717, 1.165) is 27.1 Å². The molecular formula is C42H48FNO5Si. The van der Waals surface area contributed by atoms with Crippen molar-refractivity contribution in [2.45, 2.75) is 103 Å². The second-order valence-corrected chi connectivity index (χ2v) is 19.9. The normalized spacial score (nSPS) is 23.1. The van der Waals surface area contributed by atoms with Crippen LogP contribution in [-0.2, 0) is 23.5 Å². The van der Waals surface area contributed by atoms with Crippen molar-refractivity contribution >= 4 is 42.0 Å². The Labute approximate surface area is 296 Å². The van der Waals surface area contributed by atoms with E-state index in [4.69, 9.17) is 9.16 Å². The molecule has 0 aromatic heterocycles. The second-order valence-electron chi connectivity index (χ2n) is 15.7. The Balaban J connectivity index is 1.36. The highest BCUT2D eigenvalue weighted by molar-refractivity contribution is 6.99. The van der Waals surface area contributed by atoms with Crippen molar-refractivity contribution in [3.8, 4) is 0 Å². The van der Waals surface area contributed by atoms with Crippen molar-refractivity contribution in [2.24, 2.45) is 5.41 Å². The van der Waals surface area contributed by atoms with E-state index in [1.165, 1.54) is 11.0 Å². The quantitative estimate of drug-likeness (QED) is 0.139. The molecule has 0 spiro atoms. The third-order valence-corrected chi connectivity index (χ3v) is 15.7. The van der Waals surface area contributed by atoms with Crippen LogP contribution in [0.25, 0.3) is 5.57 Å². The molecule has 0 bridgehead atoms. The fourth-order valence-corrected chi connectivity index (χ4v) is 13.0. The van der Waals surface area contributed by atoms with Crippen molar-refractivity contribution in [2.75, 3.05) is 0 Å². The predicted molar refractivity (Wildman–Crippen MR) is 197 cm³/mol. The number of hydrogen-bond donors (Lipinski definition) is 0. The Morgan fingerprint density at radius 1 is 0.900 bits per heavy atom. The molecule has 262 valence electrons. The van der Waals surface area contributed by atoms with E-state index < -0.39 is 19.8 Å². The van der Waals surface area contributed by atoms with Crippen molar-refractivity contribution in [1.82, 2.24) is 4.90 Å². The van der Waals surface area contributed by atoms with E-state index in [1.54, 1.807) is 13.0 Å². The number of rotatable bonds is 8. The molecule has 50 heavy (non-hydrogen) atoms. The highest BCUT2D eigenvalue weighted by atomic mass is 28.4. The van der Waals surface area contributed by atoms with Crippen molar-refractivity contribution < 1.29 is 27.9 Å². The molecule has 2 saturated heterocycles. The third-order valence-electron chi connectivity index (χ3n) is 10.6. The number of nitrogens with zero attached hydrogens (tertiary/aromatic N) is 1. The number of benzene rings is 3. The summed E-state index contributed by atoms with van der Waals surface area (Å²) < 4.78 is 27.7. The van der Waals surface area contributed by atoms with E-state index >= 15 is 0 Å². The first kappa shape index (κ1) is 35.7. The van der Waals surface area contributed by atoms with Crippen LogP contribution in [0.4, 0.5) is 4.39 Å². The highest BCUT2D eigenvalue weighted by Crippen LogP contribution is 2.47. The second kappa shape index (κ2) is 13.9. The maximum Gasteiger partial charge on any atom is 0.308 e. The Morgan fingerprint density at radius 2 is 1.50 bits per heavy atom. The Hall–Kier alpha value is -4.14. The zero-order chi connectivity index (χ0) is 35.8. The fourth-order valence-electron chi connectivity index (χ4n) is 8.29. The van der Waals surface area contributed by atoms with Gasteiger partial charge in [-0.05, 0) is 81.1 Å². The predicted octanol–water partition coefficient (Wildman–Crippen LogP) is 7.43. The summed E-state index contributed by atoms with van der Waals surface area (Å²) in [6.45, 7) is 12.6. The van der Waals surface area contributed by atoms with Crippen LogP contribution in [0.2, 0.25) is 5.04 Å². The summed E-state index contributed by atoms with van der Waals surface area (Å²) in [5.74, 6) is -0.855. The number of aryl methyl sites for hydroxylation is 1. The molecule has 2 heterocycles. The first-order valence-corrected chi connectivity index (χ1v) is 19.6. The highest BCUT2D eigenvalue weighted by Gasteiger charge is 2.52. The number of carbonyl (C=O) groups is 3. The zero-order valence-electron chi connectivity index (χ0n) is 30.0. The lowest BCUT2D eigenvalue weighted by Crippen LogP contribution is -2.68. The fraction of sp³-hybridized carbons (Fsp3) is 0.405. The molecule has 6 rings (SSSR count). The molecule has 0 N–H and O–H groups in total. The lowest BCUT2D eigenvalue weighted by molar-refractivity contribution is -0.156. The number of amides is 2. The van der Waals surface area contributed by atoms with Crippen molar-refractivity contribution in [3.63, 3.8) is 0 Å². The van der Waals surface area contributed by atoms with E-state index in [9.17, 15) is 18.8 Å². The lowest BCUT2D eigenvalue weighted by atomic mass is 9.68. The standard InChI is InChI=1S/C42H48FNO5Si/c1-28-23-29(17-20-37(28)43)35-24-30(44-38(45)21-22-39(44)46)27-42(5,6)36(35)19-18-31-25-32(26-40(47)48-31)49-50(41(2,3)4,33-13-9-7-10-14-33)34-15-11-8-12-16-34/h7-20,23,30-32H,21-22,24-27H2,1-6H3/b19-18+/t30?,31-,32-/m0/s1. The van der Waals surface area contributed by atoms with Gasteiger partial charge in [0.1, 0.15) is 11.9 Å². The molecule has 0 radical (unpaired) electrons. The van der Waals surface area contributed by atoms with E-state index in [2.05, 4.69) is 83.1 Å². The molecule has 0 saturated carbocycles. The molecule has 3 aromatic rings. The van der Waals surface area contributed by atoms with E-state index in [1.807, 2.05) is 30.4 Å². The smallest absolute Gasteiger partial charge is 0.308 e. The number of cyclic esters (lactones) is 1. The van der Waals surface area contributed by atoms with Crippen LogP contribution in [0.5, 0.6) is 0 Å². The molecule has 2 aliphatic heterocycles. The Kier molecular flexibility index (Phi) is 9.90. The van der Waals surface area contributed by atoms with Gasteiger partial charge in [-0.3, -0.25) is 19.3 Å². The van der Waals surface area contributed by atoms with Crippen LogP contribution in [0.1, 0.15) is 84.3 Å². The van der Waals surface area contributed by atoms with Gasteiger partial charge in [0.05, 0.1) is 12.5 Å². The summed E-state index contributed by atoms with van der Waals surface area (Å²) in [6.07, 6.45) is 5.34. The molecule has 6 nitrogen and oxygen atoms in total. The van der Waals surface area contributed by atoms with Crippen LogP contribution in [0, 0.1) is 18.2 Å². The number of esters is 1.